The van der Waals surface area contributed by atoms with Crippen molar-refractivity contribution < 1.29 is 19.1 Å². The lowest BCUT2D eigenvalue weighted by atomic mass is 9.92. The van der Waals surface area contributed by atoms with Crippen LogP contribution in [0.25, 0.3) is 0 Å². The van der Waals surface area contributed by atoms with Crippen molar-refractivity contribution in [1.82, 2.24) is 4.90 Å². The molecule has 0 aliphatic carbocycles. The van der Waals surface area contributed by atoms with Crippen molar-refractivity contribution in [2.45, 2.75) is 52.0 Å². The molecule has 1 atom stereocenters. The molecular weight excluding hydrogens is 347 g/mol. The molecule has 1 amide bonds. The van der Waals surface area contributed by atoms with Gasteiger partial charge in [-0.25, -0.2) is 4.39 Å². The summed E-state index contributed by atoms with van der Waals surface area (Å²) in [4.78, 5) is 26.9. The molecule has 1 heterocycles. The maximum absolute atomic E-state index is 13.4. The van der Waals surface area contributed by atoms with E-state index < -0.39 is 17.7 Å². The fourth-order valence-electron chi connectivity index (χ4n) is 3.42. The molecule has 5 nitrogen and oxygen atoms in total. The topological polar surface area (TPSA) is 83.6 Å². The number of aliphatic hydroxyl groups is 1. The lowest BCUT2D eigenvalue weighted by Crippen LogP contribution is -2.32. The molecule has 0 saturated heterocycles. The van der Waals surface area contributed by atoms with E-state index >= 15 is 0 Å². The minimum atomic E-state index is -0.668. The van der Waals surface area contributed by atoms with Crippen LogP contribution in [-0.4, -0.2) is 34.8 Å². The summed E-state index contributed by atoms with van der Waals surface area (Å²) in [5, 5.41) is 10.4. The molecule has 27 heavy (non-hydrogen) atoms. The van der Waals surface area contributed by atoms with E-state index in [1.807, 2.05) is 13.8 Å². The monoisotopic (exact) mass is 376 g/mol. The minimum absolute atomic E-state index is 0.104. The number of rotatable bonds is 10. The average Bonchev–Trinajstić information content (AvgIpc) is 2.86. The Morgan fingerprint density at radius 1 is 1.19 bits per heavy atom. The molecule has 1 aliphatic rings. The maximum atomic E-state index is 13.4. The Balaban J connectivity index is 2.28. The summed E-state index contributed by atoms with van der Waals surface area (Å²) in [7, 11) is 0. The first-order valence-electron chi connectivity index (χ1n) is 9.59. The van der Waals surface area contributed by atoms with Crippen molar-refractivity contribution in [3.63, 3.8) is 0 Å². The SMILES string of the molecule is CC(C)CC(=O)C1=C(O)C(=O)N(CCCCCCN)C1c1ccc(F)cc1. The van der Waals surface area contributed by atoms with Crippen molar-refractivity contribution in [2.24, 2.45) is 11.7 Å². The molecule has 6 heteroatoms. The molecule has 0 radical (unpaired) electrons. The Morgan fingerprint density at radius 3 is 2.41 bits per heavy atom. The van der Waals surface area contributed by atoms with Crippen LogP contribution in [0, 0.1) is 11.7 Å². The van der Waals surface area contributed by atoms with Gasteiger partial charge in [0.25, 0.3) is 5.91 Å². The summed E-state index contributed by atoms with van der Waals surface area (Å²) in [6.07, 6.45) is 3.81. The van der Waals surface area contributed by atoms with E-state index in [1.54, 1.807) is 12.1 Å². The van der Waals surface area contributed by atoms with Crippen molar-refractivity contribution in [1.29, 1.82) is 0 Å². The first-order valence-corrected chi connectivity index (χ1v) is 9.59. The molecule has 2 rings (SSSR count). The van der Waals surface area contributed by atoms with Gasteiger partial charge in [-0.1, -0.05) is 38.8 Å². The van der Waals surface area contributed by atoms with Gasteiger partial charge in [0.05, 0.1) is 11.6 Å². The molecule has 0 fully saturated rings. The number of unbranched alkanes of at least 4 members (excludes halogenated alkanes) is 3. The molecule has 0 saturated carbocycles. The van der Waals surface area contributed by atoms with Crippen LogP contribution in [0.5, 0.6) is 0 Å². The normalized spacial score (nSPS) is 17.3. The highest BCUT2D eigenvalue weighted by molar-refractivity contribution is 6.09. The van der Waals surface area contributed by atoms with Crippen LogP contribution in [0.2, 0.25) is 0 Å². The second kappa shape index (κ2) is 9.65. The number of benzene rings is 1. The van der Waals surface area contributed by atoms with Gasteiger partial charge in [-0.2, -0.15) is 0 Å². The Bertz CT molecular complexity index is 698. The second-order valence-corrected chi connectivity index (χ2v) is 7.44. The zero-order valence-corrected chi connectivity index (χ0v) is 16.1. The molecule has 0 aromatic heterocycles. The summed E-state index contributed by atoms with van der Waals surface area (Å²) >= 11 is 0. The Kier molecular flexibility index (Phi) is 7.54. The number of hydrogen-bond donors (Lipinski definition) is 2. The fourth-order valence-corrected chi connectivity index (χ4v) is 3.42. The quantitative estimate of drug-likeness (QED) is 0.611. The zero-order chi connectivity index (χ0) is 20.0. The maximum Gasteiger partial charge on any atom is 0.290 e. The summed E-state index contributed by atoms with van der Waals surface area (Å²) in [6, 6.07) is 5.07. The van der Waals surface area contributed by atoms with Crippen molar-refractivity contribution in [3.8, 4) is 0 Å². The number of carbonyl (C=O) groups excluding carboxylic acids is 2. The third-order valence-electron chi connectivity index (χ3n) is 4.74. The van der Waals surface area contributed by atoms with Crippen LogP contribution < -0.4 is 5.73 Å². The van der Waals surface area contributed by atoms with E-state index in [0.29, 0.717) is 18.7 Å². The lowest BCUT2D eigenvalue weighted by Gasteiger charge is -2.27. The van der Waals surface area contributed by atoms with Crippen LogP contribution in [0.4, 0.5) is 4.39 Å². The van der Waals surface area contributed by atoms with Crippen molar-refractivity contribution >= 4 is 11.7 Å². The Hall–Kier alpha value is -2.21. The lowest BCUT2D eigenvalue weighted by molar-refractivity contribution is -0.129. The van der Waals surface area contributed by atoms with Gasteiger partial charge in [0, 0.05) is 13.0 Å². The zero-order valence-electron chi connectivity index (χ0n) is 16.1. The average molecular weight is 376 g/mol. The highest BCUT2D eigenvalue weighted by Crippen LogP contribution is 2.38. The van der Waals surface area contributed by atoms with Gasteiger partial charge in [-0.05, 0) is 43.0 Å². The van der Waals surface area contributed by atoms with Crippen LogP contribution in [0.3, 0.4) is 0 Å². The first kappa shape index (κ1) is 21.1. The summed E-state index contributed by atoms with van der Waals surface area (Å²) in [5.74, 6) is -1.53. The molecule has 3 N–H and O–H groups in total. The number of halogens is 1. The number of Topliss-reactive ketones (excluding diaryl/α,β-unsaturated/α-hetero) is 1. The van der Waals surface area contributed by atoms with Gasteiger partial charge in [0.2, 0.25) is 0 Å². The van der Waals surface area contributed by atoms with Crippen molar-refractivity contribution in [2.75, 3.05) is 13.1 Å². The standard InChI is InChI=1S/C21H29FN2O3/c1-14(2)13-17(25)18-19(15-7-9-16(22)10-8-15)24(21(27)20(18)26)12-6-4-3-5-11-23/h7-10,14,19,26H,3-6,11-13,23H2,1-2H3. The third-order valence-corrected chi connectivity index (χ3v) is 4.74. The smallest absolute Gasteiger partial charge is 0.290 e. The second-order valence-electron chi connectivity index (χ2n) is 7.44. The van der Waals surface area contributed by atoms with Crippen LogP contribution >= 0.6 is 0 Å². The Labute approximate surface area is 160 Å². The predicted octanol–water partition coefficient (Wildman–Crippen LogP) is 3.66. The number of hydrogen-bond acceptors (Lipinski definition) is 4. The number of ketones is 1. The minimum Gasteiger partial charge on any atom is -0.503 e. The van der Waals surface area contributed by atoms with Gasteiger partial charge in [-0.15, -0.1) is 0 Å². The number of amides is 1. The fraction of sp³-hybridized carbons (Fsp3) is 0.524. The van der Waals surface area contributed by atoms with Crippen LogP contribution in [0.15, 0.2) is 35.6 Å². The number of aliphatic hydroxyl groups excluding tert-OH is 1. The number of carbonyl (C=O) groups is 2. The highest BCUT2D eigenvalue weighted by Gasteiger charge is 2.42. The first-order chi connectivity index (χ1) is 12.9. The van der Waals surface area contributed by atoms with E-state index in [-0.39, 0.29) is 29.5 Å². The molecule has 0 bridgehead atoms. The van der Waals surface area contributed by atoms with E-state index in [1.165, 1.54) is 17.0 Å². The van der Waals surface area contributed by atoms with E-state index in [0.717, 1.165) is 25.7 Å². The van der Waals surface area contributed by atoms with E-state index in [2.05, 4.69) is 0 Å². The summed E-state index contributed by atoms with van der Waals surface area (Å²) in [5.41, 5.74) is 6.26. The molecule has 1 aromatic carbocycles. The summed E-state index contributed by atoms with van der Waals surface area (Å²) in [6.45, 7) is 4.88. The number of nitrogens with two attached hydrogens (primary N) is 1. The molecule has 148 valence electrons. The van der Waals surface area contributed by atoms with Crippen LogP contribution in [0.1, 0.15) is 57.6 Å². The van der Waals surface area contributed by atoms with Crippen LogP contribution in [-0.2, 0) is 9.59 Å². The molecule has 1 unspecified atom stereocenters. The van der Waals surface area contributed by atoms with Gasteiger partial charge in [0.1, 0.15) is 5.82 Å². The van der Waals surface area contributed by atoms with Gasteiger partial charge in [-0.3, -0.25) is 9.59 Å². The molecule has 1 aliphatic heterocycles. The number of nitrogens with zero attached hydrogens (tertiary/aromatic N) is 1. The molecule has 1 aromatic rings. The van der Waals surface area contributed by atoms with Gasteiger partial charge >= 0.3 is 0 Å². The molecule has 0 spiro atoms. The largest absolute Gasteiger partial charge is 0.503 e. The highest BCUT2D eigenvalue weighted by atomic mass is 19.1. The third kappa shape index (κ3) is 5.16. The van der Waals surface area contributed by atoms with E-state index in [9.17, 15) is 19.1 Å². The Morgan fingerprint density at radius 2 is 1.81 bits per heavy atom. The van der Waals surface area contributed by atoms with Gasteiger partial charge < -0.3 is 15.7 Å². The van der Waals surface area contributed by atoms with E-state index in [4.69, 9.17) is 5.73 Å². The molecular formula is C21H29FN2O3. The predicted molar refractivity (Wildman–Crippen MR) is 102 cm³/mol. The van der Waals surface area contributed by atoms with Gasteiger partial charge in [0.15, 0.2) is 11.5 Å². The summed E-state index contributed by atoms with van der Waals surface area (Å²) < 4.78 is 13.4. The van der Waals surface area contributed by atoms with Crippen molar-refractivity contribution in [3.05, 3.63) is 47.0 Å².